The topological polar surface area (TPSA) is 63.6 Å². The molecule has 3 aromatic rings. The third-order valence-electron chi connectivity index (χ3n) is 2.59. The Labute approximate surface area is 154 Å². The van der Waals surface area contributed by atoms with E-state index in [0.29, 0.717) is 23.2 Å². The van der Waals surface area contributed by atoms with Crippen LogP contribution in [0, 0.1) is 0 Å². The number of pyridine rings is 2. The first kappa shape index (κ1) is 18.4. The van der Waals surface area contributed by atoms with Crippen LogP contribution in [-0.2, 0) is 13.1 Å². The van der Waals surface area contributed by atoms with Gasteiger partial charge in [0.1, 0.15) is 11.5 Å². The zero-order valence-corrected chi connectivity index (χ0v) is 14.9. The van der Waals surface area contributed by atoms with E-state index < -0.39 is 0 Å². The quantitative estimate of drug-likeness (QED) is 0.458. The van der Waals surface area contributed by atoms with Gasteiger partial charge < -0.3 is 4.42 Å². The van der Waals surface area contributed by atoms with Crippen LogP contribution in [0.3, 0.4) is 0 Å². The van der Waals surface area contributed by atoms with Crippen molar-refractivity contribution in [2.45, 2.75) is 0 Å². The Hall–Kier alpha value is -1.98. The fourth-order valence-electron chi connectivity index (χ4n) is 1.63. The summed E-state index contributed by atoms with van der Waals surface area (Å²) < 4.78 is 5.57. The third kappa shape index (κ3) is 6.64. The van der Waals surface area contributed by atoms with Gasteiger partial charge in [-0.1, -0.05) is 12.1 Å². The molecule has 8 heteroatoms. The summed E-state index contributed by atoms with van der Waals surface area (Å²) in [6, 6.07) is 14.7. The number of hydrogen-bond acceptors (Lipinski definition) is 5. The molecule has 0 atom stereocenters. The summed E-state index contributed by atoms with van der Waals surface area (Å²) in [4.78, 5) is 16.6. The molecule has 0 bridgehead atoms. The van der Waals surface area contributed by atoms with E-state index in [9.17, 15) is 0 Å². The fourth-order valence-corrected chi connectivity index (χ4v) is 1.63. The maximum absolute atomic E-state index is 5.57. The van der Waals surface area contributed by atoms with E-state index in [-0.39, 0.29) is 13.1 Å². The van der Waals surface area contributed by atoms with Crippen LogP contribution in [0.5, 0.6) is 0 Å². The molecule has 0 saturated heterocycles. The molecule has 3 heterocycles. The Morgan fingerprint density at radius 1 is 0.792 bits per heavy atom. The second kappa shape index (κ2) is 10.7. The van der Waals surface area contributed by atoms with Crippen LogP contribution < -0.4 is 0 Å². The van der Waals surface area contributed by atoms with E-state index in [1.165, 1.54) is 0 Å². The number of halogens is 2. The molecular formula is C16H12Cl2FeN4O. The minimum atomic E-state index is 0.194. The summed E-state index contributed by atoms with van der Waals surface area (Å²) in [6.07, 6.45) is 6.64. The summed E-state index contributed by atoms with van der Waals surface area (Å²) in [5.74, 6) is 2.56. The molecule has 5 nitrogen and oxygen atoms in total. The second-order valence-electron chi connectivity index (χ2n) is 4.18. The first-order valence-electron chi connectivity index (χ1n) is 6.67. The van der Waals surface area contributed by atoms with Gasteiger partial charge in [-0.15, -0.1) is 0 Å². The Balaban J connectivity index is 0.000000647. The predicted molar refractivity (Wildman–Crippen MR) is 93.4 cm³/mol. The van der Waals surface area contributed by atoms with Crippen LogP contribution in [0.25, 0.3) is 0 Å². The molecule has 0 fully saturated rings. The molecule has 24 heavy (non-hydrogen) atoms. The van der Waals surface area contributed by atoms with E-state index in [2.05, 4.69) is 20.0 Å². The molecule has 0 spiro atoms. The van der Waals surface area contributed by atoms with Gasteiger partial charge in [-0.25, -0.2) is 20.0 Å². The molecule has 0 N–H and O–H groups in total. The number of furan rings is 1. The summed E-state index contributed by atoms with van der Waals surface area (Å²) in [5, 5.41) is 0. The second-order valence-corrected chi connectivity index (χ2v) is 6.01. The average Bonchev–Trinajstić information content (AvgIpc) is 3.09. The fraction of sp³-hybridized carbons (Fsp3) is 0. The van der Waals surface area contributed by atoms with Crippen LogP contribution in [0.15, 0.2) is 75.3 Å². The Morgan fingerprint density at radius 3 is 1.62 bits per heavy atom. The van der Waals surface area contributed by atoms with Gasteiger partial charge in [-0.2, -0.15) is 0 Å². The summed E-state index contributed by atoms with van der Waals surface area (Å²) in [5.41, 5.74) is 0. The van der Waals surface area contributed by atoms with E-state index in [1.807, 2.05) is 48.5 Å². The normalized spacial score (nSPS) is 10.9. The molecule has 0 aliphatic carbocycles. The van der Waals surface area contributed by atoms with Crippen molar-refractivity contribution in [2.24, 2.45) is 9.98 Å². The van der Waals surface area contributed by atoms with Gasteiger partial charge in [0.25, 0.3) is 0 Å². The van der Waals surface area contributed by atoms with E-state index in [4.69, 9.17) is 24.6 Å². The third-order valence-corrected chi connectivity index (χ3v) is 2.59. The monoisotopic (exact) mass is 402 g/mol. The van der Waals surface area contributed by atoms with E-state index >= 15 is 0 Å². The van der Waals surface area contributed by atoms with Crippen molar-refractivity contribution in [2.75, 3.05) is 0 Å². The molecule has 0 saturated carbocycles. The number of rotatable bonds is 4. The van der Waals surface area contributed by atoms with Crippen molar-refractivity contribution in [1.82, 2.24) is 9.97 Å². The Kier molecular flexibility index (Phi) is 8.21. The van der Waals surface area contributed by atoms with Crippen LogP contribution in [0.1, 0.15) is 11.5 Å². The zero-order chi connectivity index (χ0) is 17.0. The van der Waals surface area contributed by atoms with Crippen molar-refractivity contribution in [1.29, 1.82) is 0 Å². The van der Waals surface area contributed by atoms with Crippen molar-refractivity contribution in [3.8, 4) is 0 Å². The Morgan fingerprint density at radius 2 is 1.25 bits per heavy atom. The van der Waals surface area contributed by atoms with Gasteiger partial charge in [-0.05, 0) is 36.4 Å². The number of aromatic nitrogens is 2. The summed E-state index contributed by atoms with van der Waals surface area (Å²) >= 11 is 0.194. The van der Waals surface area contributed by atoms with Gasteiger partial charge in [-0.3, -0.25) is 0 Å². The molecule has 0 unspecified atom stereocenters. The number of hydrogen-bond donors (Lipinski definition) is 0. The molecule has 0 aliphatic heterocycles. The molecule has 124 valence electrons. The van der Waals surface area contributed by atoms with Crippen molar-refractivity contribution < 1.29 is 17.6 Å². The van der Waals surface area contributed by atoms with Gasteiger partial charge in [0.15, 0.2) is 11.6 Å². The molecule has 0 aliphatic rings. The van der Waals surface area contributed by atoms with Gasteiger partial charge in [0.05, 0.1) is 12.4 Å². The maximum atomic E-state index is 5.57. The molecule has 3 rings (SSSR count). The van der Waals surface area contributed by atoms with Crippen LogP contribution in [0.2, 0.25) is 0 Å². The van der Waals surface area contributed by atoms with Crippen LogP contribution in [-0.4, -0.2) is 22.4 Å². The first-order chi connectivity index (χ1) is 11.8. The van der Waals surface area contributed by atoms with Gasteiger partial charge in [0, 0.05) is 12.4 Å². The summed E-state index contributed by atoms with van der Waals surface area (Å²) in [6.45, 7) is 0. The van der Waals surface area contributed by atoms with Crippen LogP contribution in [0.4, 0.5) is 11.6 Å². The number of nitrogens with zero attached hydrogens (tertiary/aromatic N) is 4. The zero-order valence-electron chi connectivity index (χ0n) is 12.2. The van der Waals surface area contributed by atoms with Crippen molar-refractivity contribution in [3.63, 3.8) is 0 Å². The van der Waals surface area contributed by atoms with Gasteiger partial charge in [0.2, 0.25) is 0 Å². The SMILES string of the molecule is C(=N\c1ccccn1)/c1ccc(/C=N/c2ccccn2)o1.[Cl][Fe][Cl]. The van der Waals surface area contributed by atoms with E-state index in [0.717, 1.165) is 0 Å². The molecule has 0 aromatic carbocycles. The minimum absolute atomic E-state index is 0.194. The number of aliphatic imine (C=N–C) groups is 2. The molecule has 3 aromatic heterocycles. The van der Waals surface area contributed by atoms with E-state index in [1.54, 1.807) is 24.8 Å². The predicted octanol–water partition coefficient (Wildman–Crippen LogP) is 4.95. The standard InChI is InChI=1S/C16H12N4O.2ClH.Fe/c1-3-9-17-15(5-1)19-11-13-7-8-14(21-13)12-20-16-6-2-4-10-18-16;;;/h1-12H;2*1H;/q;;;+2/p-2/b19-11+,20-12+;;;. The first-order valence-corrected chi connectivity index (χ1v) is 9.71. The van der Waals surface area contributed by atoms with Crippen LogP contribution >= 0.6 is 20.2 Å². The average molecular weight is 403 g/mol. The molecule has 0 radical (unpaired) electrons. The summed E-state index contributed by atoms with van der Waals surface area (Å²) in [7, 11) is 9.53. The van der Waals surface area contributed by atoms with Crippen molar-refractivity contribution >= 4 is 44.3 Å². The van der Waals surface area contributed by atoms with Crippen molar-refractivity contribution in [3.05, 3.63) is 72.4 Å². The Bertz CT molecular complexity index is 715. The molecular weight excluding hydrogens is 391 g/mol. The van der Waals surface area contributed by atoms with Gasteiger partial charge >= 0.3 is 33.3 Å². The molecule has 0 amide bonds.